The predicted molar refractivity (Wildman–Crippen MR) is 49.5 cm³/mol. The Kier molecular flexibility index (Phi) is 2.15. The number of rotatable bonds is 0. The molecule has 3 heteroatoms. The highest BCUT2D eigenvalue weighted by Gasteiger charge is 2.13. The van der Waals surface area contributed by atoms with Gasteiger partial charge in [-0.05, 0) is 46.1 Å². The van der Waals surface area contributed by atoms with E-state index < -0.39 is 0 Å². The van der Waals surface area contributed by atoms with E-state index in [2.05, 4.69) is 21.2 Å². The Hall–Kier alpha value is -0.410. The monoisotopic (exact) mass is 229 g/mol. The Morgan fingerprint density at radius 3 is 3.08 bits per heavy atom. The molecular formula is C9H9BrFN. The molecule has 0 aromatic heterocycles. The van der Waals surface area contributed by atoms with Crippen molar-refractivity contribution >= 4 is 15.9 Å². The van der Waals surface area contributed by atoms with Crippen molar-refractivity contribution < 1.29 is 4.39 Å². The molecule has 1 aliphatic heterocycles. The second kappa shape index (κ2) is 3.15. The number of hydrogen-bond donors (Lipinski definition) is 1. The average molecular weight is 230 g/mol. The second-order valence-corrected chi connectivity index (χ2v) is 3.72. The highest BCUT2D eigenvalue weighted by molar-refractivity contribution is 9.10. The van der Waals surface area contributed by atoms with Gasteiger partial charge in [0.2, 0.25) is 0 Å². The van der Waals surface area contributed by atoms with E-state index in [1.54, 1.807) is 0 Å². The predicted octanol–water partition coefficient (Wildman–Crippen LogP) is 2.23. The summed E-state index contributed by atoms with van der Waals surface area (Å²) in [6, 6.07) is 3.36. The number of nitrogens with one attached hydrogen (secondary N) is 1. The van der Waals surface area contributed by atoms with Gasteiger partial charge in [0.05, 0.1) is 4.47 Å². The first-order valence-electron chi connectivity index (χ1n) is 3.95. The summed E-state index contributed by atoms with van der Waals surface area (Å²) in [6.07, 6.45) is 0.910. The Labute approximate surface area is 79.1 Å². The molecule has 1 nitrogen and oxygen atoms in total. The van der Waals surface area contributed by atoms with E-state index in [0.717, 1.165) is 25.1 Å². The van der Waals surface area contributed by atoms with Gasteiger partial charge < -0.3 is 5.32 Å². The van der Waals surface area contributed by atoms with Crippen molar-refractivity contribution in [3.63, 3.8) is 0 Å². The number of fused-ring (bicyclic) bond motifs is 1. The molecule has 0 saturated heterocycles. The molecule has 0 atom stereocenters. The molecule has 0 radical (unpaired) electrons. The molecule has 0 aliphatic carbocycles. The molecule has 1 aromatic carbocycles. The van der Waals surface area contributed by atoms with E-state index in [0.29, 0.717) is 4.47 Å². The molecule has 12 heavy (non-hydrogen) atoms. The summed E-state index contributed by atoms with van der Waals surface area (Å²) < 4.78 is 13.7. The zero-order chi connectivity index (χ0) is 8.55. The molecule has 0 spiro atoms. The first-order valence-corrected chi connectivity index (χ1v) is 4.75. The van der Waals surface area contributed by atoms with Crippen LogP contribution in [0.15, 0.2) is 16.6 Å². The van der Waals surface area contributed by atoms with Crippen molar-refractivity contribution in [2.75, 3.05) is 6.54 Å². The van der Waals surface area contributed by atoms with Gasteiger partial charge in [0.15, 0.2) is 0 Å². The SMILES string of the molecule is Fc1ccc2c(c1Br)CCNC2. The van der Waals surface area contributed by atoms with Crippen LogP contribution in [0, 0.1) is 5.82 Å². The molecule has 1 aliphatic rings. The Balaban J connectivity index is 2.54. The van der Waals surface area contributed by atoms with E-state index >= 15 is 0 Å². The molecule has 1 heterocycles. The van der Waals surface area contributed by atoms with Gasteiger partial charge in [-0.3, -0.25) is 0 Å². The molecule has 1 N–H and O–H groups in total. The maximum absolute atomic E-state index is 13.0. The van der Waals surface area contributed by atoms with Crippen LogP contribution >= 0.6 is 15.9 Å². The first kappa shape index (κ1) is 8.20. The second-order valence-electron chi connectivity index (χ2n) is 2.93. The van der Waals surface area contributed by atoms with Gasteiger partial charge in [-0.15, -0.1) is 0 Å². The van der Waals surface area contributed by atoms with E-state index in [9.17, 15) is 4.39 Å². The normalized spacial score (nSPS) is 15.8. The van der Waals surface area contributed by atoms with E-state index in [-0.39, 0.29) is 5.82 Å². The smallest absolute Gasteiger partial charge is 0.137 e. The lowest BCUT2D eigenvalue weighted by molar-refractivity contribution is 0.598. The lowest BCUT2D eigenvalue weighted by Crippen LogP contribution is -2.24. The molecule has 64 valence electrons. The van der Waals surface area contributed by atoms with Crippen LogP contribution < -0.4 is 5.32 Å². The minimum atomic E-state index is -0.157. The molecule has 0 fully saturated rings. The van der Waals surface area contributed by atoms with Crippen LogP contribution in [-0.4, -0.2) is 6.54 Å². The number of halogens is 2. The van der Waals surface area contributed by atoms with Gasteiger partial charge >= 0.3 is 0 Å². The van der Waals surface area contributed by atoms with Crippen LogP contribution in [0.2, 0.25) is 0 Å². The van der Waals surface area contributed by atoms with E-state index in [4.69, 9.17) is 0 Å². The standard InChI is InChI=1S/C9H9BrFN/c10-9-7-3-4-12-5-6(7)1-2-8(9)11/h1-2,12H,3-5H2. The molecule has 0 saturated carbocycles. The van der Waals surface area contributed by atoms with Crippen molar-refractivity contribution in [1.82, 2.24) is 5.32 Å². The number of benzene rings is 1. The minimum Gasteiger partial charge on any atom is -0.312 e. The van der Waals surface area contributed by atoms with Crippen LogP contribution in [0.4, 0.5) is 4.39 Å². The molecule has 1 aromatic rings. The number of hydrogen-bond acceptors (Lipinski definition) is 1. The quantitative estimate of drug-likeness (QED) is 0.720. The third-order valence-corrected chi connectivity index (χ3v) is 3.02. The van der Waals surface area contributed by atoms with Crippen LogP contribution in [0.3, 0.4) is 0 Å². The van der Waals surface area contributed by atoms with Crippen LogP contribution in [0.5, 0.6) is 0 Å². The maximum Gasteiger partial charge on any atom is 0.137 e. The molecule has 0 bridgehead atoms. The summed E-state index contributed by atoms with van der Waals surface area (Å²) in [5.41, 5.74) is 2.32. The third-order valence-electron chi connectivity index (χ3n) is 2.16. The van der Waals surface area contributed by atoms with Crippen LogP contribution in [0.1, 0.15) is 11.1 Å². The third kappa shape index (κ3) is 1.27. The van der Waals surface area contributed by atoms with Gasteiger partial charge in [-0.1, -0.05) is 6.07 Å². The van der Waals surface area contributed by atoms with Crippen molar-refractivity contribution in [2.24, 2.45) is 0 Å². The van der Waals surface area contributed by atoms with Gasteiger partial charge in [0, 0.05) is 6.54 Å². The van der Waals surface area contributed by atoms with E-state index in [1.807, 2.05) is 6.07 Å². The lowest BCUT2D eigenvalue weighted by atomic mass is 10.0. The summed E-state index contributed by atoms with van der Waals surface area (Å²) in [5, 5.41) is 3.24. The highest BCUT2D eigenvalue weighted by Crippen LogP contribution is 2.26. The molecule has 2 rings (SSSR count). The van der Waals surface area contributed by atoms with Gasteiger partial charge in [0.1, 0.15) is 5.82 Å². The fourth-order valence-electron chi connectivity index (χ4n) is 1.50. The van der Waals surface area contributed by atoms with Crippen molar-refractivity contribution in [3.8, 4) is 0 Å². The zero-order valence-corrected chi connectivity index (χ0v) is 8.12. The maximum atomic E-state index is 13.0. The van der Waals surface area contributed by atoms with Gasteiger partial charge in [-0.2, -0.15) is 0 Å². The Morgan fingerprint density at radius 2 is 2.25 bits per heavy atom. The lowest BCUT2D eigenvalue weighted by Gasteiger charge is -2.18. The van der Waals surface area contributed by atoms with Crippen LogP contribution in [0.25, 0.3) is 0 Å². The van der Waals surface area contributed by atoms with E-state index in [1.165, 1.54) is 11.6 Å². The molecule has 0 amide bonds. The first-order chi connectivity index (χ1) is 5.79. The van der Waals surface area contributed by atoms with Gasteiger partial charge in [0.25, 0.3) is 0 Å². The minimum absolute atomic E-state index is 0.157. The fraction of sp³-hybridized carbons (Fsp3) is 0.333. The van der Waals surface area contributed by atoms with Crippen molar-refractivity contribution in [1.29, 1.82) is 0 Å². The van der Waals surface area contributed by atoms with Crippen molar-refractivity contribution in [2.45, 2.75) is 13.0 Å². The summed E-state index contributed by atoms with van der Waals surface area (Å²) in [7, 11) is 0. The Morgan fingerprint density at radius 1 is 1.42 bits per heavy atom. The summed E-state index contributed by atoms with van der Waals surface area (Å²) in [5.74, 6) is -0.157. The van der Waals surface area contributed by atoms with Crippen molar-refractivity contribution in [3.05, 3.63) is 33.5 Å². The van der Waals surface area contributed by atoms with Gasteiger partial charge in [-0.25, -0.2) is 4.39 Å². The Bertz CT molecular complexity index is 312. The molecule has 0 unspecified atom stereocenters. The average Bonchev–Trinajstić information content (AvgIpc) is 2.12. The topological polar surface area (TPSA) is 12.0 Å². The van der Waals surface area contributed by atoms with Crippen LogP contribution in [-0.2, 0) is 13.0 Å². The largest absolute Gasteiger partial charge is 0.312 e. The highest BCUT2D eigenvalue weighted by atomic mass is 79.9. The summed E-state index contributed by atoms with van der Waals surface area (Å²) >= 11 is 3.26. The fourth-order valence-corrected chi connectivity index (χ4v) is 2.09. The summed E-state index contributed by atoms with van der Waals surface area (Å²) in [4.78, 5) is 0. The molecular weight excluding hydrogens is 221 g/mol. The zero-order valence-electron chi connectivity index (χ0n) is 6.53. The summed E-state index contributed by atoms with van der Waals surface area (Å²) in [6.45, 7) is 1.79.